The molecule has 0 unspecified atom stereocenters. The van der Waals surface area contributed by atoms with E-state index in [9.17, 15) is 4.79 Å². The summed E-state index contributed by atoms with van der Waals surface area (Å²) in [6, 6.07) is 24.4. The predicted octanol–water partition coefficient (Wildman–Crippen LogP) is 5.25. The molecule has 1 aliphatic rings. The van der Waals surface area contributed by atoms with Gasteiger partial charge in [0.2, 0.25) is 5.91 Å². The first-order chi connectivity index (χ1) is 16.2. The fourth-order valence-corrected chi connectivity index (χ4v) is 4.93. The van der Waals surface area contributed by atoms with Crippen LogP contribution in [-0.4, -0.2) is 20.6 Å². The molecule has 0 atom stereocenters. The molecule has 0 bridgehead atoms. The van der Waals surface area contributed by atoms with Crippen molar-refractivity contribution in [3.05, 3.63) is 113 Å². The molecule has 5 heteroatoms. The number of hydrogen-bond acceptors (Lipinski definition) is 3. The average molecular weight is 440 g/mol. The molecule has 0 saturated heterocycles. The maximum atomic E-state index is 13.8. The Bertz CT molecular complexity index is 1160. The maximum absolute atomic E-state index is 13.8. The molecule has 2 heterocycles. The van der Waals surface area contributed by atoms with Gasteiger partial charge in [-0.05, 0) is 48.1 Å². The lowest BCUT2D eigenvalue weighted by atomic mass is 9.88. The van der Waals surface area contributed by atoms with E-state index in [1.54, 1.807) is 6.26 Å². The molecular formula is C28H29N3O2. The van der Waals surface area contributed by atoms with Gasteiger partial charge in [-0.2, -0.15) is 5.10 Å². The van der Waals surface area contributed by atoms with E-state index in [1.807, 2.05) is 65.2 Å². The van der Waals surface area contributed by atoms with Crippen LogP contribution in [0.1, 0.15) is 52.6 Å². The van der Waals surface area contributed by atoms with Crippen molar-refractivity contribution in [3.63, 3.8) is 0 Å². The summed E-state index contributed by atoms with van der Waals surface area (Å²) in [7, 11) is 2.01. The molecule has 1 aliphatic carbocycles. The highest BCUT2D eigenvalue weighted by Gasteiger charge is 2.27. The van der Waals surface area contributed by atoms with Crippen LogP contribution >= 0.6 is 0 Å². The average Bonchev–Trinajstić information content (AvgIpc) is 3.59. The quantitative estimate of drug-likeness (QED) is 0.377. The zero-order valence-corrected chi connectivity index (χ0v) is 19.0. The van der Waals surface area contributed by atoms with E-state index < -0.39 is 0 Å². The number of hydrogen-bond donors (Lipinski definition) is 0. The molecule has 0 spiro atoms. The summed E-state index contributed by atoms with van der Waals surface area (Å²) < 4.78 is 7.59. The number of aromatic nitrogens is 2. The van der Waals surface area contributed by atoms with Crippen molar-refractivity contribution in [2.24, 2.45) is 7.05 Å². The minimum Gasteiger partial charge on any atom is -0.467 e. The lowest BCUT2D eigenvalue weighted by Crippen LogP contribution is -2.31. The van der Waals surface area contributed by atoms with Crippen molar-refractivity contribution in [3.8, 4) is 0 Å². The number of carbonyl (C=O) groups excluding carboxylic acids is 1. The molecule has 2 aromatic heterocycles. The monoisotopic (exact) mass is 439 g/mol. The number of nitrogens with zero attached hydrogens (tertiary/aromatic N) is 3. The molecule has 0 saturated carbocycles. The Morgan fingerprint density at radius 3 is 2.30 bits per heavy atom. The molecule has 5 nitrogen and oxygen atoms in total. The van der Waals surface area contributed by atoms with Crippen molar-refractivity contribution < 1.29 is 9.21 Å². The topological polar surface area (TPSA) is 51.3 Å². The fraction of sp³-hybridized carbons (Fsp3) is 0.286. The van der Waals surface area contributed by atoms with E-state index in [0.717, 1.165) is 41.8 Å². The largest absolute Gasteiger partial charge is 0.467 e. The summed E-state index contributed by atoms with van der Waals surface area (Å²) in [5.74, 6) is 0.877. The van der Waals surface area contributed by atoms with Gasteiger partial charge in [0, 0.05) is 25.1 Å². The van der Waals surface area contributed by atoms with E-state index in [-0.39, 0.29) is 11.8 Å². The SMILES string of the molecule is Cn1nc(CN(Cc2ccco2)C(=O)CC(c2ccccc2)c2ccccc2)c2c1CCC2. The van der Waals surface area contributed by atoms with Crippen molar-refractivity contribution in [2.75, 3.05) is 0 Å². The van der Waals surface area contributed by atoms with Gasteiger partial charge < -0.3 is 9.32 Å². The molecule has 4 aromatic rings. The van der Waals surface area contributed by atoms with Gasteiger partial charge in [-0.15, -0.1) is 0 Å². The number of benzene rings is 2. The van der Waals surface area contributed by atoms with Crippen LogP contribution in [0.25, 0.3) is 0 Å². The first-order valence-electron chi connectivity index (χ1n) is 11.6. The second kappa shape index (κ2) is 9.49. The maximum Gasteiger partial charge on any atom is 0.224 e. The zero-order chi connectivity index (χ0) is 22.6. The lowest BCUT2D eigenvalue weighted by Gasteiger charge is -2.25. The van der Waals surface area contributed by atoms with Gasteiger partial charge in [-0.25, -0.2) is 0 Å². The zero-order valence-electron chi connectivity index (χ0n) is 19.0. The normalized spacial score (nSPS) is 12.8. The number of furan rings is 1. The Morgan fingerprint density at radius 1 is 0.970 bits per heavy atom. The highest BCUT2D eigenvalue weighted by molar-refractivity contribution is 5.78. The third-order valence-electron chi connectivity index (χ3n) is 6.60. The van der Waals surface area contributed by atoms with Crippen LogP contribution in [0.5, 0.6) is 0 Å². The van der Waals surface area contributed by atoms with Crippen molar-refractivity contribution >= 4 is 5.91 Å². The fourth-order valence-electron chi connectivity index (χ4n) is 4.93. The Hall–Kier alpha value is -3.60. The van der Waals surface area contributed by atoms with Gasteiger partial charge in [-0.3, -0.25) is 9.48 Å². The first-order valence-corrected chi connectivity index (χ1v) is 11.6. The Balaban J connectivity index is 1.44. The molecule has 0 N–H and O–H groups in total. The van der Waals surface area contributed by atoms with Crippen LogP contribution < -0.4 is 0 Å². The molecule has 0 aliphatic heterocycles. The standard InChI is InChI=1S/C28H29N3O2/c1-30-27-16-8-15-24(27)26(29-30)20-31(19-23-14-9-17-33-23)28(32)18-25(21-10-4-2-5-11-21)22-12-6-3-7-13-22/h2-7,9-14,17,25H,8,15-16,18-20H2,1H3. The van der Waals surface area contributed by atoms with E-state index in [2.05, 4.69) is 24.3 Å². The molecular weight excluding hydrogens is 410 g/mol. The van der Waals surface area contributed by atoms with Crippen LogP contribution in [0.3, 0.4) is 0 Å². The highest BCUT2D eigenvalue weighted by atomic mass is 16.3. The third kappa shape index (κ3) is 4.63. The molecule has 168 valence electrons. The minimum absolute atomic E-state index is 0.00607. The van der Waals surface area contributed by atoms with Crippen LogP contribution in [0.15, 0.2) is 83.5 Å². The summed E-state index contributed by atoms with van der Waals surface area (Å²) >= 11 is 0. The molecule has 0 radical (unpaired) electrons. The van der Waals surface area contributed by atoms with E-state index >= 15 is 0 Å². The van der Waals surface area contributed by atoms with Gasteiger partial charge in [0.05, 0.1) is 25.0 Å². The van der Waals surface area contributed by atoms with Crippen LogP contribution in [-0.2, 0) is 37.8 Å². The second-order valence-electron chi connectivity index (χ2n) is 8.76. The van der Waals surface area contributed by atoms with Gasteiger partial charge in [-0.1, -0.05) is 60.7 Å². The number of amides is 1. The number of fused-ring (bicyclic) bond motifs is 1. The highest BCUT2D eigenvalue weighted by Crippen LogP contribution is 2.30. The van der Waals surface area contributed by atoms with E-state index in [0.29, 0.717) is 19.5 Å². The molecule has 0 fully saturated rings. The summed E-state index contributed by atoms with van der Waals surface area (Å²) in [5, 5.41) is 4.77. The molecule has 1 amide bonds. The van der Waals surface area contributed by atoms with E-state index in [4.69, 9.17) is 9.52 Å². The van der Waals surface area contributed by atoms with Crippen LogP contribution in [0, 0.1) is 0 Å². The lowest BCUT2D eigenvalue weighted by molar-refractivity contribution is -0.133. The second-order valence-corrected chi connectivity index (χ2v) is 8.76. The summed E-state index contributed by atoms with van der Waals surface area (Å²) in [4.78, 5) is 15.7. The predicted molar refractivity (Wildman–Crippen MR) is 128 cm³/mol. The Kier molecular flexibility index (Phi) is 6.11. The van der Waals surface area contributed by atoms with Crippen molar-refractivity contribution in [1.82, 2.24) is 14.7 Å². The molecule has 2 aromatic carbocycles. The van der Waals surface area contributed by atoms with Crippen LogP contribution in [0.2, 0.25) is 0 Å². The molecule has 33 heavy (non-hydrogen) atoms. The minimum atomic E-state index is -0.00607. The van der Waals surface area contributed by atoms with Crippen LogP contribution in [0.4, 0.5) is 0 Å². The van der Waals surface area contributed by atoms with Gasteiger partial charge in [0.1, 0.15) is 5.76 Å². The third-order valence-corrected chi connectivity index (χ3v) is 6.60. The molecule has 5 rings (SSSR count). The van der Waals surface area contributed by atoms with Crippen molar-refractivity contribution in [2.45, 2.75) is 44.7 Å². The number of rotatable bonds is 8. The summed E-state index contributed by atoms with van der Waals surface area (Å²) in [5.41, 5.74) is 5.93. The summed E-state index contributed by atoms with van der Waals surface area (Å²) in [6.07, 6.45) is 5.31. The van der Waals surface area contributed by atoms with Gasteiger partial charge >= 0.3 is 0 Å². The summed E-state index contributed by atoms with van der Waals surface area (Å²) in [6.45, 7) is 0.937. The Labute approximate surface area is 194 Å². The number of aryl methyl sites for hydroxylation is 1. The van der Waals surface area contributed by atoms with E-state index in [1.165, 1.54) is 11.3 Å². The first kappa shape index (κ1) is 21.3. The number of carbonyl (C=O) groups is 1. The smallest absolute Gasteiger partial charge is 0.224 e. The van der Waals surface area contributed by atoms with Gasteiger partial charge in [0.15, 0.2) is 0 Å². The Morgan fingerprint density at radius 2 is 1.67 bits per heavy atom. The van der Waals surface area contributed by atoms with Gasteiger partial charge in [0.25, 0.3) is 0 Å². The van der Waals surface area contributed by atoms with Crippen molar-refractivity contribution in [1.29, 1.82) is 0 Å².